The van der Waals surface area contributed by atoms with Gasteiger partial charge in [0.1, 0.15) is 11.6 Å². The van der Waals surface area contributed by atoms with Crippen molar-refractivity contribution >= 4 is 0 Å². The van der Waals surface area contributed by atoms with Gasteiger partial charge in [0.2, 0.25) is 0 Å². The molecular weight excluding hydrogens is 196 g/mol. The maximum Gasteiger partial charge on any atom is 0.328 e. The van der Waals surface area contributed by atoms with Gasteiger partial charge in [-0.05, 0) is 13.0 Å². The van der Waals surface area contributed by atoms with E-state index in [0.717, 1.165) is 13.0 Å². The van der Waals surface area contributed by atoms with E-state index in [4.69, 9.17) is 5.26 Å². The number of nitrogens with one attached hydrogen (secondary N) is 2. The Bertz CT molecular complexity index is 516. The van der Waals surface area contributed by atoms with Crippen molar-refractivity contribution in [2.45, 2.75) is 12.5 Å². The van der Waals surface area contributed by atoms with E-state index < -0.39 is 11.2 Å². The number of aromatic amines is 1. The first-order valence-electron chi connectivity index (χ1n) is 4.68. The molecule has 1 aromatic heterocycles. The Morgan fingerprint density at radius 2 is 2.33 bits per heavy atom. The van der Waals surface area contributed by atoms with Crippen LogP contribution in [0.5, 0.6) is 0 Å². The normalized spacial score (nSPS) is 20.1. The number of H-pyrrole nitrogens is 1. The Balaban J connectivity index is 2.52. The van der Waals surface area contributed by atoms with Gasteiger partial charge in [0.15, 0.2) is 0 Å². The van der Waals surface area contributed by atoms with Crippen LogP contribution in [0, 0.1) is 11.3 Å². The first-order valence-corrected chi connectivity index (χ1v) is 4.68. The number of nitriles is 1. The summed E-state index contributed by atoms with van der Waals surface area (Å²) >= 11 is 0. The average Bonchev–Trinajstić information content (AvgIpc) is 2.71. The van der Waals surface area contributed by atoms with Gasteiger partial charge in [0.25, 0.3) is 5.56 Å². The molecule has 2 N–H and O–H groups in total. The minimum Gasteiger partial charge on any atom is -0.315 e. The fourth-order valence-corrected chi connectivity index (χ4v) is 1.71. The van der Waals surface area contributed by atoms with Gasteiger partial charge in [0.05, 0.1) is 6.04 Å². The lowest BCUT2D eigenvalue weighted by atomic mass is 10.2. The Morgan fingerprint density at radius 3 is 2.93 bits per heavy atom. The van der Waals surface area contributed by atoms with Crippen LogP contribution < -0.4 is 16.6 Å². The van der Waals surface area contributed by atoms with Gasteiger partial charge in [-0.25, -0.2) is 4.79 Å². The molecule has 78 valence electrons. The lowest BCUT2D eigenvalue weighted by molar-refractivity contribution is 0.515. The van der Waals surface area contributed by atoms with Crippen LogP contribution in [0.15, 0.2) is 15.8 Å². The maximum absolute atomic E-state index is 11.5. The summed E-state index contributed by atoms with van der Waals surface area (Å²) in [5, 5.41) is 11.8. The van der Waals surface area contributed by atoms with E-state index in [1.807, 2.05) is 0 Å². The molecule has 0 amide bonds. The zero-order valence-electron chi connectivity index (χ0n) is 7.99. The Hall–Kier alpha value is -1.87. The van der Waals surface area contributed by atoms with E-state index >= 15 is 0 Å². The zero-order valence-corrected chi connectivity index (χ0v) is 7.99. The first-order chi connectivity index (χ1) is 7.22. The van der Waals surface area contributed by atoms with Crippen LogP contribution in [-0.4, -0.2) is 22.6 Å². The lowest BCUT2D eigenvalue weighted by Crippen LogP contribution is -2.34. The van der Waals surface area contributed by atoms with Crippen LogP contribution in [0.1, 0.15) is 18.0 Å². The highest BCUT2D eigenvalue weighted by atomic mass is 16.2. The third kappa shape index (κ3) is 1.69. The second kappa shape index (κ2) is 3.71. The van der Waals surface area contributed by atoms with Gasteiger partial charge in [-0.15, -0.1) is 0 Å². The molecule has 1 fully saturated rings. The standard InChI is InChI=1S/C9H10N4O2/c10-3-6-5-13(7-1-2-11-4-7)9(15)12-8(6)14/h5,7,11H,1-2,4H2,(H,12,14,15)/t7-/m0/s1. The van der Waals surface area contributed by atoms with Crippen molar-refractivity contribution in [3.63, 3.8) is 0 Å². The van der Waals surface area contributed by atoms with E-state index in [1.165, 1.54) is 10.8 Å². The molecule has 0 bridgehead atoms. The smallest absolute Gasteiger partial charge is 0.315 e. The van der Waals surface area contributed by atoms with Gasteiger partial charge in [-0.3, -0.25) is 14.3 Å². The van der Waals surface area contributed by atoms with Crippen LogP contribution in [0.25, 0.3) is 0 Å². The molecule has 2 heterocycles. The number of hydrogen-bond acceptors (Lipinski definition) is 4. The third-order valence-corrected chi connectivity index (χ3v) is 2.52. The second-order valence-electron chi connectivity index (χ2n) is 3.47. The van der Waals surface area contributed by atoms with Crippen molar-refractivity contribution in [2.24, 2.45) is 0 Å². The van der Waals surface area contributed by atoms with Crippen LogP contribution >= 0.6 is 0 Å². The molecule has 0 aromatic carbocycles. The molecule has 0 saturated carbocycles. The van der Waals surface area contributed by atoms with Gasteiger partial charge in [-0.1, -0.05) is 0 Å². The molecule has 0 unspecified atom stereocenters. The monoisotopic (exact) mass is 206 g/mol. The number of hydrogen-bond donors (Lipinski definition) is 2. The largest absolute Gasteiger partial charge is 0.328 e. The third-order valence-electron chi connectivity index (χ3n) is 2.52. The van der Waals surface area contributed by atoms with Crippen LogP contribution in [0.4, 0.5) is 0 Å². The first kappa shape index (κ1) is 9.68. The molecule has 6 nitrogen and oxygen atoms in total. The van der Waals surface area contributed by atoms with Crippen LogP contribution in [0.3, 0.4) is 0 Å². The number of rotatable bonds is 1. The van der Waals surface area contributed by atoms with Crippen molar-refractivity contribution in [1.29, 1.82) is 5.26 Å². The van der Waals surface area contributed by atoms with Crippen molar-refractivity contribution in [3.05, 3.63) is 32.6 Å². The highest BCUT2D eigenvalue weighted by Gasteiger charge is 2.18. The fraction of sp³-hybridized carbons (Fsp3) is 0.444. The number of aromatic nitrogens is 2. The average molecular weight is 206 g/mol. The predicted octanol–water partition coefficient (Wildman–Crippen LogP) is -1.06. The molecule has 1 aromatic rings. The molecule has 1 saturated heterocycles. The zero-order chi connectivity index (χ0) is 10.8. The minimum atomic E-state index is -0.621. The molecular formula is C9H10N4O2. The molecule has 0 aliphatic carbocycles. The Morgan fingerprint density at radius 1 is 1.53 bits per heavy atom. The molecule has 1 aliphatic rings. The van der Waals surface area contributed by atoms with E-state index in [-0.39, 0.29) is 11.6 Å². The quantitative estimate of drug-likeness (QED) is 0.613. The van der Waals surface area contributed by atoms with E-state index in [2.05, 4.69) is 10.3 Å². The molecule has 2 rings (SSSR count). The lowest BCUT2D eigenvalue weighted by Gasteiger charge is -2.11. The molecule has 0 spiro atoms. The van der Waals surface area contributed by atoms with Crippen molar-refractivity contribution in [1.82, 2.24) is 14.9 Å². The van der Waals surface area contributed by atoms with E-state index in [9.17, 15) is 9.59 Å². The summed E-state index contributed by atoms with van der Waals surface area (Å²) in [5.74, 6) is 0. The van der Waals surface area contributed by atoms with E-state index in [0.29, 0.717) is 6.54 Å². The summed E-state index contributed by atoms with van der Waals surface area (Å²) in [6, 6.07) is 1.79. The van der Waals surface area contributed by atoms with Crippen LogP contribution in [-0.2, 0) is 0 Å². The molecule has 1 aliphatic heterocycles. The van der Waals surface area contributed by atoms with Crippen LogP contribution in [0.2, 0.25) is 0 Å². The summed E-state index contributed by atoms with van der Waals surface area (Å²) in [7, 11) is 0. The van der Waals surface area contributed by atoms with Gasteiger partial charge in [0, 0.05) is 12.7 Å². The summed E-state index contributed by atoms with van der Waals surface area (Å²) in [5.41, 5.74) is -1.10. The topological polar surface area (TPSA) is 90.7 Å². The highest BCUT2D eigenvalue weighted by molar-refractivity contribution is 5.22. The van der Waals surface area contributed by atoms with Gasteiger partial charge in [-0.2, -0.15) is 5.26 Å². The van der Waals surface area contributed by atoms with Crippen molar-refractivity contribution < 1.29 is 0 Å². The molecule has 1 atom stereocenters. The van der Waals surface area contributed by atoms with Crippen molar-refractivity contribution in [2.75, 3.05) is 13.1 Å². The molecule has 6 heteroatoms. The Kier molecular flexibility index (Phi) is 2.39. The summed E-state index contributed by atoms with van der Waals surface area (Å²) < 4.78 is 1.42. The van der Waals surface area contributed by atoms with Gasteiger partial charge < -0.3 is 5.32 Å². The Labute approximate surface area is 85.2 Å². The molecule has 15 heavy (non-hydrogen) atoms. The maximum atomic E-state index is 11.5. The highest BCUT2D eigenvalue weighted by Crippen LogP contribution is 2.11. The minimum absolute atomic E-state index is 0.0264. The summed E-state index contributed by atoms with van der Waals surface area (Å²) in [6.07, 6.45) is 2.16. The van der Waals surface area contributed by atoms with Crippen molar-refractivity contribution in [3.8, 4) is 6.07 Å². The second-order valence-corrected chi connectivity index (χ2v) is 3.47. The fourth-order valence-electron chi connectivity index (χ4n) is 1.71. The SMILES string of the molecule is N#Cc1cn([C@H]2CCNC2)c(=O)[nH]c1=O. The predicted molar refractivity (Wildman–Crippen MR) is 52.6 cm³/mol. The molecule has 0 radical (unpaired) electrons. The number of nitrogens with zero attached hydrogens (tertiary/aromatic N) is 2. The summed E-state index contributed by atoms with van der Waals surface area (Å²) in [6.45, 7) is 1.54. The van der Waals surface area contributed by atoms with Gasteiger partial charge >= 0.3 is 5.69 Å². The summed E-state index contributed by atoms with van der Waals surface area (Å²) in [4.78, 5) is 24.7. The van der Waals surface area contributed by atoms with E-state index in [1.54, 1.807) is 6.07 Å².